The Morgan fingerprint density at radius 2 is 2.00 bits per heavy atom. The molecule has 4 nitrogen and oxygen atoms in total. The predicted molar refractivity (Wildman–Crippen MR) is 41.1 cm³/mol. The first-order valence-electron chi connectivity index (χ1n) is 3.29. The fourth-order valence-electron chi connectivity index (χ4n) is 1.03. The molecule has 0 bridgehead atoms. The number of rotatable bonds is 1. The van der Waals surface area contributed by atoms with Gasteiger partial charge >= 0.3 is 0 Å². The highest BCUT2D eigenvalue weighted by molar-refractivity contribution is 7.94. The number of nitriles is 2. The molecule has 0 aromatic rings. The van der Waals surface area contributed by atoms with Crippen molar-refractivity contribution >= 4 is 9.84 Å². The summed E-state index contributed by atoms with van der Waals surface area (Å²) in [6.07, 6.45) is 1.41. The van der Waals surface area contributed by atoms with Crippen molar-refractivity contribution < 1.29 is 8.42 Å². The largest absolute Gasteiger partial charge is 0.224 e. The van der Waals surface area contributed by atoms with Gasteiger partial charge in [-0.1, -0.05) is 6.08 Å². The van der Waals surface area contributed by atoms with E-state index >= 15 is 0 Å². The Morgan fingerprint density at radius 1 is 1.42 bits per heavy atom. The number of allylic oxidation sites excluding steroid dienone is 1. The van der Waals surface area contributed by atoms with Crippen LogP contribution in [0.15, 0.2) is 11.5 Å². The molecule has 1 aliphatic heterocycles. The molecule has 0 radical (unpaired) electrons. The molecule has 0 aromatic carbocycles. The average molecular weight is 182 g/mol. The lowest BCUT2D eigenvalue weighted by atomic mass is 9.97. The zero-order chi connectivity index (χ0) is 9.19. The summed E-state index contributed by atoms with van der Waals surface area (Å²) >= 11 is 0. The van der Waals surface area contributed by atoms with Crippen LogP contribution >= 0.6 is 0 Å². The van der Waals surface area contributed by atoms with E-state index in [4.69, 9.17) is 10.5 Å². The van der Waals surface area contributed by atoms with Gasteiger partial charge in [-0.05, 0) is 0 Å². The molecule has 1 atom stereocenters. The van der Waals surface area contributed by atoms with Crippen molar-refractivity contribution in [2.45, 2.75) is 0 Å². The van der Waals surface area contributed by atoms with Crippen LogP contribution in [-0.4, -0.2) is 14.2 Å². The highest BCUT2D eigenvalue weighted by Gasteiger charge is 2.28. The molecule has 0 fully saturated rings. The second-order valence-electron chi connectivity index (χ2n) is 2.56. The van der Waals surface area contributed by atoms with Crippen molar-refractivity contribution in [1.29, 1.82) is 10.5 Å². The number of nitrogens with zero attached hydrogens (tertiary/aromatic N) is 2. The molecule has 1 aliphatic rings. The van der Waals surface area contributed by atoms with Crippen LogP contribution < -0.4 is 0 Å². The van der Waals surface area contributed by atoms with Gasteiger partial charge in [0.2, 0.25) is 0 Å². The zero-order valence-corrected chi connectivity index (χ0v) is 6.95. The van der Waals surface area contributed by atoms with Gasteiger partial charge in [0, 0.05) is 11.3 Å². The van der Waals surface area contributed by atoms with E-state index in [9.17, 15) is 8.42 Å². The molecule has 0 amide bonds. The summed E-state index contributed by atoms with van der Waals surface area (Å²) in [6.45, 7) is 0. The fraction of sp³-hybridized carbons (Fsp3) is 0.429. The minimum atomic E-state index is -3.14. The predicted octanol–water partition coefficient (Wildman–Crippen LogP) is 0.208. The van der Waals surface area contributed by atoms with Gasteiger partial charge in [0.1, 0.15) is 5.92 Å². The van der Waals surface area contributed by atoms with Crippen LogP contribution in [-0.2, 0) is 9.84 Å². The van der Waals surface area contributed by atoms with Crippen molar-refractivity contribution in [3.63, 3.8) is 0 Å². The van der Waals surface area contributed by atoms with E-state index < -0.39 is 21.7 Å². The van der Waals surface area contributed by atoms with E-state index in [1.54, 1.807) is 12.1 Å². The molecule has 5 heteroatoms. The smallest absolute Gasteiger partial charge is 0.171 e. The maximum atomic E-state index is 10.9. The quantitative estimate of drug-likeness (QED) is 0.580. The Labute approximate surface area is 70.6 Å². The molecule has 0 unspecified atom stereocenters. The normalized spacial score (nSPS) is 25.1. The molecule has 0 N–H and O–H groups in total. The molecule has 0 saturated heterocycles. The Morgan fingerprint density at radius 3 is 2.33 bits per heavy atom. The second-order valence-corrected chi connectivity index (χ2v) is 4.49. The highest BCUT2D eigenvalue weighted by Crippen LogP contribution is 2.21. The molecule has 1 heterocycles. The first kappa shape index (κ1) is 8.76. The van der Waals surface area contributed by atoms with E-state index in [0.29, 0.717) is 0 Å². The molecule has 0 aliphatic carbocycles. The molecule has 0 saturated carbocycles. The Bertz CT molecular complexity index is 369. The summed E-state index contributed by atoms with van der Waals surface area (Å²) in [7, 11) is -3.14. The third kappa shape index (κ3) is 1.63. The second kappa shape index (κ2) is 2.96. The van der Waals surface area contributed by atoms with Gasteiger partial charge < -0.3 is 0 Å². The third-order valence-corrected chi connectivity index (χ3v) is 3.09. The van der Waals surface area contributed by atoms with Gasteiger partial charge in [-0.15, -0.1) is 0 Å². The van der Waals surface area contributed by atoms with Gasteiger partial charge in [0.05, 0.1) is 17.9 Å². The minimum absolute atomic E-state index is 0.112. The molecule has 0 spiro atoms. The summed E-state index contributed by atoms with van der Waals surface area (Å²) in [6, 6.07) is 3.51. The minimum Gasteiger partial charge on any atom is -0.224 e. The first-order chi connectivity index (χ1) is 5.59. The molecule has 1 rings (SSSR count). The summed E-state index contributed by atoms with van der Waals surface area (Å²) < 4.78 is 21.7. The van der Waals surface area contributed by atoms with Crippen LogP contribution in [0.3, 0.4) is 0 Å². The van der Waals surface area contributed by atoms with E-state index in [1.807, 2.05) is 0 Å². The van der Waals surface area contributed by atoms with Gasteiger partial charge in [0.15, 0.2) is 9.84 Å². The van der Waals surface area contributed by atoms with Crippen molar-refractivity contribution in [1.82, 2.24) is 0 Å². The summed E-state index contributed by atoms with van der Waals surface area (Å²) in [5.41, 5.74) is 0. The zero-order valence-electron chi connectivity index (χ0n) is 6.14. The standard InChI is InChI=1S/C7H6N2O2S/c8-3-7(4-9)6-1-2-12(10,11)5-6/h1-2,6-7H,5H2/t6-/m0/s1. The molecule has 62 valence electrons. The van der Waals surface area contributed by atoms with Crippen LogP contribution in [0.2, 0.25) is 0 Å². The van der Waals surface area contributed by atoms with E-state index in [0.717, 1.165) is 5.41 Å². The van der Waals surface area contributed by atoms with E-state index in [2.05, 4.69) is 0 Å². The number of hydrogen-bond acceptors (Lipinski definition) is 4. The SMILES string of the molecule is N#CC(C#N)[C@H]1C=CS(=O)(=O)C1. The molecular formula is C7H6N2O2S. The van der Waals surface area contributed by atoms with Crippen molar-refractivity contribution in [3.8, 4) is 12.1 Å². The average Bonchev–Trinajstić information content (AvgIpc) is 2.34. The van der Waals surface area contributed by atoms with Crippen LogP contribution in [0, 0.1) is 34.5 Å². The molecule has 12 heavy (non-hydrogen) atoms. The fourth-order valence-corrected chi connectivity index (χ4v) is 2.42. The molecule has 0 aromatic heterocycles. The number of sulfone groups is 1. The van der Waals surface area contributed by atoms with Gasteiger partial charge in [0.25, 0.3) is 0 Å². The summed E-state index contributed by atoms with van der Waals surface area (Å²) in [5, 5.41) is 18.0. The number of hydrogen-bond donors (Lipinski definition) is 0. The first-order valence-corrected chi connectivity index (χ1v) is 5.01. The van der Waals surface area contributed by atoms with Crippen LogP contribution in [0.4, 0.5) is 0 Å². The lowest BCUT2D eigenvalue weighted by molar-refractivity contribution is 0.586. The van der Waals surface area contributed by atoms with Crippen molar-refractivity contribution in [2.75, 3.05) is 5.75 Å². The third-order valence-electron chi connectivity index (χ3n) is 1.66. The van der Waals surface area contributed by atoms with Crippen LogP contribution in [0.25, 0.3) is 0 Å². The monoisotopic (exact) mass is 182 g/mol. The Kier molecular flexibility index (Phi) is 2.16. The van der Waals surface area contributed by atoms with Crippen molar-refractivity contribution in [2.24, 2.45) is 11.8 Å². The summed E-state index contributed by atoms with van der Waals surface area (Å²) in [4.78, 5) is 0. The van der Waals surface area contributed by atoms with Crippen LogP contribution in [0.5, 0.6) is 0 Å². The van der Waals surface area contributed by atoms with E-state index in [-0.39, 0.29) is 5.75 Å². The lowest BCUT2D eigenvalue weighted by Gasteiger charge is -2.03. The van der Waals surface area contributed by atoms with Gasteiger partial charge in [-0.2, -0.15) is 10.5 Å². The van der Waals surface area contributed by atoms with Gasteiger partial charge in [-0.25, -0.2) is 8.42 Å². The van der Waals surface area contributed by atoms with Crippen LogP contribution in [0.1, 0.15) is 0 Å². The highest BCUT2D eigenvalue weighted by atomic mass is 32.2. The topological polar surface area (TPSA) is 81.7 Å². The molecular weight excluding hydrogens is 176 g/mol. The van der Waals surface area contributed by atoms with Crippen molar-refractivity contribution in [3.05, 3.63) is 11.5 Å². The van der Waals surface area contributed by atoms with Gasteiger partial charge in [-0.3, -0.25) is 0 Å². The Hall–Kier alpha value is -1.33. The Balaban J connectivity index is 2.82. The maximum Gasteiger partial charge on any atom is 0.171 e. The summed E-state index contributed by atoms with van der Waals surface area (Å²) in [5.74, 6) is -1.41. The lowest BCUT2D eigenvalue weighted by Crippen LogP contribution is -2.13. The maximum absolute atomic E-state index is 10.9. The van der Waals surface area contributed by atoms with E-state index in [1.165, 1.54) is 6.08 Å².